The highest BCUT2D eigenvalue weighted by atomic mass is 79.9. The van der Waals surface area contributed by atoms with Gasteiger partial charge < -0.3 is 10.4 Å². The van der Waals surface area contributed by atoms with E-state index in [1.54, 1.807) is 16.9 Å². The first-order valence-corrected chi connectivity index (χ1v) is 8.92. The molecule has 0 bridgehead atoms. The molecule has 3 heterocycles. The number of aromatic nitrogens is 4. The normalized spacial score (nSPS) is 11.0. The minimum atomic E-state index is -0.0398. The number of hydrogen-bond donors (Lipinski definition) is 2. The van der Waals surface area contributed by atoms with Gasteiger partial charge in [-0.05, 0) is 33.1 Å². The van der Waals surface area contributed by atoms with E-state index in [1.165, 1.54) is 0 Å². The van der Waals surface area contributed by atoms with Crippen molar-refractivity contribution < 1.29 is 5.11 Å². The molecule has 0 saturated heterocycles. The highest BCUT2D eigenvalue weighted by Crippen LogP contribution is 2.28. The van der Waals surface area contributed by atoms with Crippen molar-refractivity contribution in [3.63, 3.8) is 0 Å². The van der Waals surface area contributed by atoms with Crippen molar-refractivity contribution in [2.45, 2.75) is 13.2 Å². The molecule has 0 saturated carbocycles. The minimum absolute atomic E-state index is 0.0398. The Hall–Kier alpha value is -2.77. The lowest BCUT2D eigenvalue weighted by atomic mass is 10.0. The number of halogens is 1. The molecule has 0 unspecified atom stereocenters. The molecule has 6 nitrogen and oxygen atoms in total. The summed E-state index contributed by atoms with van der Waals surface area (Å²) >= 11 is 3.51. The van der Waals surface area contributed by atoms with E-state index < -0.39 is 0 Å². The molecule has 0 radical (unpaired) electrons. The van der Waals surface area contributed by atoms with Gasteiger partial charge in [0.2, 0.25) is 0 Å². The third-order valence-corrected chi connectivity index (χ3v) is 4.65. The van der Waals surface area contributed by atoms with Crippen LogP contribution in [-0.4, -0.2) is 24.7 Å². The number of benzene rings is 1. The van der Waals surface area contributed by atoms with Crippen LogP contribution in [0.4, 0.5) is 5.82 Å². The summed E-state index contributed by atoms with van der Waals surface area (Å²) in [6.07, 6.45) is 5.30. The Bertz CT molecular complexity index is 1050. The third kappa shape index (κ3) is 3.18. The van der Waals surface area contributed by atoms with Crippen LogP contribution in [0.15, 0.2) is 65.5 Å². The van der Waals surface area contributed by atoms with E-state index in [-0.39, 0.29) is 6.61 Å². The Kier molecular flexibility index (Phi) is 4.64. The molecule has 0 atom stereocenters. The van der Waals surface area contributed by atoms with Gasteiger partial charge in [0.1, 0.15) is 5.82 Å². The SMILES string of the molecule is OCc1ccccc1-c1cc(NCc2cccnc2)n2ncc(Br)c2n1. The van der Waals surface area contributed by atoms with Gasteiger partial charge in [-0.3, -0.25) is 4.98 Å². The zero-order valence-electron chi connectivity index (χ0n) is 13.8. The van der Waals surface area contributed by atoms with Crippen molar-refractivity contribution in [3.05, 3.63) is 76.7 Å². The van der Waals surface area contributed by atoms with Gasteiger partial charge in [0.05, 0.1) is 23.0 Å². The zero-order chi connectivity index (χ0) is 17.9. The Labute approximate surface area is 158 Å². The maximum absolute atomic E-state index is 9.65. The summed E-state index contributed by atoms with van der Waals surface area (Å²) in [7, 11) is 0. The number of nitrogens with one attached hydrogen (secondary N) is 1. The van der Waals surface area contributed by atoms with Crippen LogP contribution in [0.25, 0.3) is 16.9 Å². The summed E-state index contributed by atoms with van der Waals surface area (Å²) in [6.45, 7) is 0.577. The van der Waals surface area contributed by atoms with Gasteiger partial charge in [0.25, 0.3) is 0 Å². The number of anilines is 1. The standard InChI is InChI=1S/C19H16BrN5O/c20-16-11-23-25-18(22-10-13-4-3-7-21-9-13)8-17(24-19(16)25)15-6-2-1-5-14(15)12-26/h1-9,11,22,26H,10,12H2. The molecule has 3 aromatic heterocycles. The largest absolute Gasteiger partial charge is 0.392 e. The second-order valence-electron chi connectivity index (χ2n) is 5.78. The number of pyridine rings is 1. The van der Waals surface area contributed by atoms with Gasteiger partial charge in [-0.2, -0.15) is 9.61 Å². The quantitative estimate of drug-likeness (QED) is 0.525. The molecular weight excluding hydrogens is 394 g/mol. The molecular formula is C19H16BrN5O. The van der Waals surface area contributed by atoms with Crippen molar-refractivity contribution in [2.75, 3.05) is 5.32 Å². The van der Waals surface area contributed by atoms with Gasteiger partial charge >= 0.3 is 0 Å². The number of nitrogens with zero attached hydrogens (tertiary/aromatic N) is 4. The first-order valence-electron chi connectivity index (χ1n) is 8.12. The molecule has 2 N–H and O–H groups in total. The smallest absolute Gasteiger partial charge is 0.172 e. The molecule has 130 valence electrons. The predicted octanol–water partition coefficient (Wildman–Crippen LogP) is 3.66. The number of fused-ring (bicyclic) bond motifs is 1. The Morgan fingerprint density at radius 1 is 1.12 bits per heavy atom. The maximum Gasteiger partial charge on any atom is 0.172 e. The molecule has 4 aromatic rings. The monoisotopic (exact) mass is 409 g/mol. The molecule has 7 heteroatoms. The van der Waals surface area contributed by atoms with Crippen LogP contribution in [0.1, 0.15) is 11.1 Å². The van der Waals surface area contributed by atoms with E-state index in [0.717, 1.165) is 32.7 Å². The molecule has 0 spiro atoms. The fourth-order valence-corrected chi connectivity index (χ4v) is 3.15. The van der Waals surface area contributed by atoms with Gasteiger partial charge in [-0.1, -0.05) is 30.3 Å². The van der Waals surface area contributed by atoms with Crippen molar-refractivity contribution >= 4 is 27.4 Å². The molecule has 0 amide bonds. The molecule has 0 aliphatic heterocycles. The lowest BCUT2D eigenvalue weighted by molar-refractivity contribution is 0.282. The van der Waals surface area contributed by atoms with Crippen LogP contribution in [0, 0.1) is 0 Å². The second-order valence-corrected chi connectivity index (χ2v) is 6.64. The van der Waals surface area contributed by atoms with E-state index in [0.29, 0.717) is 12.2 Å². The average Bonchev–Trinajstić information content (AvgIpc) is 3.08. The molecule has 0 fully saturated rings. The molecule has 1 aromatic carbocycles. The molecule has 0 aliphatic carbocycles. The summed E-state index contributed by atoms with van der Waals surface area (Å²) in [5.74, 6) is 0.812. The number of aliphatic hydroxyl groups excluding tert-OH is 1. The van der Waals surface area contributed by atoms with Gasteiger partial charge in [0, 0.05) is 30.6 Å². The first kappa shape index (κ1) is 16.7. The van der Waals surface area contributed by atoms with E-state index in [1.807, 2.05) is 48.7 Å². The molecule has 4 rings (SSSR count). The molecule has 26 heavy (non-hydrogen) atoms. The summed E-state index contributed by atoms with van der Waals surface area (Å²) < 4.78 is 2.57. The summed E-state index contributed by atoms with van der Waals surface area (Å²) in [5, 5.41) is 17.4. The third-order valence-electron chi connectivity index (χ3n) is 4.09. The fourth-order valence-electron chi connectivity index (χ4n) is 2.80. The average molecular weight is 410 g/mol. The van der Waals surface area contributed by atoms with Crippen molar-refractivity contribution in [1.29, 1.82) is 0 Å². The zero-order valence-corrected chi connectivity index (χ0v) is 15.4. The van der Waals surface area contributed by atoms with Gasteiger partial charge in [0.15, 0.2) is 5.65 Å². The Balaban J connectivity index is 1.79. The second kappa shape index (κ2) is 7.23. The Morgan fingerprint density at radius 2 is 2.00 bits per heavy atom. The minimum Gasteiger partial charge on any atom is -0.392 e. The van der Waals surface area contributed by atoms with Crippen molar-refractivity contribution in [2.24, 2.45) is 0 Å². The highest BCUT2D eigenvalue weighted by Gasteiger charge is 2.13. The maximum atomic E-state index is 9.65. The van der Waals surface area contributed by atoms with Crippen LogP contribution in [0.2, 0.25) is 0 Å². The van der Waals surface area contributed by atoms with E-state index in [4.69, 9.17) is 4.98 Å². The lowest BCUT2D eigenvalue weighted by Gasteiger charge is -2.12. The van der Waals surface area contributed by atoms with Gasteiger partial charge in [-0.25, -0.2) is 4.98 Å². The number of aliphatic hydroxyl groups is 1. The van der Waals surface area contributed by atoms with Crippen LogP contribution < -0.4 is 5.32 Å². The van der Waals surface area contributed by atoms with E-state index in [9.17, 15) is 5.11 Å². The lowest BCUT2D eigenvalue weighted by Crippen LogP contribution is -2.07. The van der Waals surface area contributed by atoms with E-state index in [2.05, 4.69) is 31.3 Å². The van der Waals surface area contributed by atoms with Crippen LogP contribution in [0.3, 0.4) is 0 Å². The van der Waals surface area contributed by atoms with E-state index >= 15 is 0 Å². The fraction of sp³-hybridized carbons (Fsp3) is 0.105. The number of hydrogen-bond acceptors (Lipinski definition) is 5. The highest BCUT2D eigenvalue weighted by molar-refractivity contribution is 9.10. The predicted molar refractivity (Wildman–Crippen MR) is 104 cm³/mol. The first-order chi connectivity index (χ1) is 12.8. The Morgan fingerprint density at radius 3 is 2.81 bits per heavy atom. The number of rotatable bonds is 5. The molecule has 0 aliphatic rings. The van der Waals surface area contributed by atoms with Crippen LogP contribution in [-0.2, 0) is 13.2 Å². The van der Waals surface area contributed by atoms with Crippen LogP contribution in [0.5, 0.6) is 0 Å². The van der Waals surface area contributed by atoms with Gasteiger partial charge in [-0.15, -0.1) is 0 Å². The summed E-state index contributed by atoms with van der Waals surface area (Å²) in [6, 6.07) is 13.6. The summed E-state index contributed by atoms with van der Waals surface area (Å²) in [5.41, 5.74) is 4.29. The topological polar surface area (TPSA) is 75.3 Å². The van der Waals surface area contributed by atoms with Crippen molar-refractivity contribution in [1.82, 2.24) is 19.6 Å². The van der Waals surface area contributed by atoms with Crippen LogP contribution >= 0.6 is 15.9 Å². The summed E-state index contributed by atoms with van der Waals surface area (Å²) in [4.78, 5) is 8.86. The van der Waals surface area contributed by atoms with Crippen molar-refractivity contribution in [3.8, 4) is 11.3 Å².